The molecule has 0 bridgehead atoms. The van der Waals surface area contributed by atoms with Gasteiger partial charge in [0.25, 0.3) is 0 Å². The van der Waals surface area contributed by atoms with Crippen molar-refractivity contribution in [1.29, 1.82) is 0 Å². The molecule has 0 amide bonds. The van der Waals surface area contributed by atoms with Crippen LogP contribution in [0.2, 0.25) is 0 Å². The molecule has 2 aliphatic heterocycles. The molecule has 20 heavy (non-hydrogen) atoms. The van der Waals surface area contributed by atoms with Crippen LogP contribution in [0, 0.1) is 0 Å². The number of rotatable bonds is 4. The van der Waals surface area contributed by atoms with Crippen molar-refractivity contribution in [2.45, 2.75) is 48.7 Å². The van der Waals surface area contributed by atoms with Crippen molar-refractivity contribution in [3.05, 3.63) is 0 Å². The van der Waals surface area contributed by atoms with E-state index in [1.807, 2.05) is 6.92 Å². The molecule has 0 aromatic heterocycles. The highest BCUT2D eigenvalue weighted by Gasteiger charge is 2.70. The Morgan fingerprint density at radius 2 is 2.15 bits per heavy atom. The van der Waals surface area contributed by atoms with Crippen LogP contribution in [0.25, 0.3) is 0 Å². The van der Waals surface area contributed by atoms with Crippen LogP contribution in [-0.2, 0) is 18.9 Å². The van der Waals surface area contributed by atoms with E-state index in [0.717, 1.165) is 18.1 Å². The predicted molar refractivity (Wildman–Crippen MR) is 77.1 cm³/mol. The number of nitrogens with zero attached hydrogens (tertiary/aromatic N) is 1. The number of amidine groups is 1. The molecule has 0 radical (unpaired) electrons. The van der Waals surface area contributed by atoms with Gasteiger partial charge in [-0.25, -0.2) is 0 Å². The summed E-state index contributed by atoms with van der Waals surface area (Å²) in [5, 5.41) is 4.32. The fourth-order valence-corrected chi connectivity index (χ4v) is 4.50. The van der Waals surface area contributed by atoms with Gasteiger partial charge in [0.15, 0.2) is 5.17 Å². The van der Waals surface area contributed by atoms with Crippen molar-refractivity contribution in [3.63, 3.8) is 0 Å². The summed E-state index contributed by atoms with van der Waals surface area (Å²) in [5.41, 5.74) is -0.376. The number of methoxy groups -OCH3 is 3. The summed E-state index contributed by atoms with van der Waals surface area (Å²) in [7, 11) is 5.14. The normalized spacial score (nSPS) is 48.4. The lowest BCUT2D eigenvalue weighted by molar-refractivity contribution is -0.201. The van der Waals surface area contributed by atoms with E-state index in [9.17, 15) is 0 Å². The summed E-state index contributed by atoms with van der Waals surface area (Å²) >= 11 is 1.63. The molecule has 0 aromatic rings. The van der Waals surface area contributed by atoms with Crippen LogP contribution < -0.4 is 5.32 Å². The Morgan fingerprint density at radius 3 is 2.70 bits per heavy atom. The van der Waals surface area contributed by atoms with Gasteiger partial charge in [-0.15, -0.1) is 0 Å². The lowest BCUT2D eigenvalue weighted by Gasteiger charge is -2.43. The molecule has 2 saturated heterocycles. The van der Waals surface area contributed by atoms with Crippen molar-refractivity contribution in [3.8, 4) is 0 Å². The standard InChI is InChI=1S/C13H22N2O4S/c1-5-14-12-15-8-9(17-3)10(18-4)13(6-7(13)16-2)19-11(8)20-12/h7-11H,5-6H2,1-4H3,(H,14,15)/t7?,8-,9?,10+,11-,13?/m1/s1. The predicted octanol–water partition coefficient (Wildman–Crippen LogP) is 0.611. The summed E-state index contributed by atoms with van der Waals surface area (Å²) in [6.45, 7) is 2.78. The zero-order chi connectivity index (χ0) is 14.3. The molecular formula is C13H22N2O4S. The Kier molecular flexibility index (Phi) is 3.98. The van der Waals surface area contributed by atoms with Gasteiger partial charge in [-0.1, -0.05) is 11.8 Å². The van der Waals surface area contributed by atoms with Crippen molar-refractivity contribution in [2.24, 2.45) is 4.99 Å². The maximum absolute atomic E-state index is 6.31. The molecule has 3 rings (SSSR count). The van der Waals surface area contributed by atoms with Crippen molar-refractivity contribution in [1.82, 2.24) is 5.32 Å². The molecule has 1 aliphatic carbocycles. The summed E-state index contributed by atoms with van der Waals surface area (Å²) in [6, 6.07) is 0.0592. The first-order valence-electron chi connectivity index (χ1n) is 6.94. The summed E-state index contributed by atoms with van der Waals surface area (Å²) < 4.78 is 23.2. The third-order valence-electron chi connectivity index (χ3n) is 4.28. The third-order valence-corrected chi connectivity index (χ3v) is 5.37. The van der Waals surface area contributed by atoms with Crippen LogP contribution in [0.1, 0.15) is 13.3 Å². The maximum Gasteiger partial charge on any atom is 0.159 e. The van der Waals surface area contributed by atoms with Crippen LogP contribution in [0.3, 0.4) is 0 Å². The first-order valence-corrected chi connectivity index (χ1v) is 7.82. The van der Waals surface area contributed by atoms with E-state index in [1.165, 1.54) is 0 Å². The number of hydrogen-bond donors (Lipinski definition) is 1. The minimum atomic E-state index is -0.373. The number of fused-ring (bicyclic) bond motifs is 1. The Bertz CT molecular complexity index is 408. The van der Waals surface area contributed by atoms with E-state index in [1.54, 1.807) is 33.1 Å². The molecule has 3 unspecified atom stereocenters. The molecule has 1 spiro atoms. The third kappa shape index (κ3) is 2.07. The highest BCUT2D eigenvalue weighted by molar-refractivity contribution is 8.14. The highest BCUT2D eigenvalue weighted by Crippen LogP contribution is 2.54. The number of aliphatic imine (C=N–C) groups is 1. The lowest BCUT2D eigenvalue weighted by atomic mass is 9.95. The van der Waals surface area contributed by atoms with E-state index < -0.39 is 0 Å². The fourth-order valence-electron chi connectivity index (χ4n) is 3.28. The highest BCUT2D eigenvalue weighted by atomic mass is 32.2. The van der Waals surface area contributed by atoms with Gasteiger partial charge in [0.05, 0.1) is 12.1 Å². The molecule has 1 saturated carbocycles. The zero-order valence-corrected chi connectivity index (χ0v) is 13.1. The number of nitrogens with one attached hydrogen (secondary N) is 1. The number of thioether (sulfide) groups is 1. The minimum absolute atomic E-state index is 0.00296. The van der Waals surface area contributed by atoms with Crippen molar-refractivity contribution < 1.29 is 18.9 Å². The Morgan fingerprint density at radius 1 is 1.35 bits per heavy atom. The maximum atomic E-state index is 6.31. The lowest BCUT2D eigenvalue weighted by Crippen LogP contribution is -2.62. The monoisotopic (exact) mass is 302 g/mol. The molecular weight excluding hydrogens is 280 g/mol. The Labute approximate surface area is 123 Å². The van der Waals surface area contributed by atoms with Crippen LogP contribution in [0.15, 0.2) is 4.99 Å². The molecule has 6 atom stereocenters. The molecule has 2 heterocycles. The van der Waals surface area contributed by atoms with Crippen LogP contribution in [0.4, 0.5) is 0 Å². The molecule has 3 fully saturated rings. The van der Waals surface area contributed by atoms with Crippen molar-refractivity contribution in [2.75, 3.05) is 27.9 Å². The Hall–Kier alpha value is -0.340. The van der Waals surface area contributed by atoms with E-state index in [0.29, 0.717) is 0 Å². The zero-order valence-electron chi connectivity index (χ0n) is 12.3. The van der Waals surface area contributed by atoms with Gasteiger partial charge in [-0.05, 0) is 6.92 Å². The smallest absolute Gasteiger partial charge is 0.159 e. The van der Waals surface area contributed by atoms with Crippen LogP contribution in [0.5, 0.6) is 0 Å². The van der Waals surface area contributed by atoms with Gasteiger partial charge in [0.1, 0.15) is 23.2 Å². The molecule has 1 N–H and O–H groups in total. The topological polar surface area (TPSA) is 61.3 Å². The molecule has 0 aromatic carbocycles. The van der Waals surface area contributed by atoms with Gasteiger partial charge in [-0.2, -0.15) is 0 Å². The fraction of sp³-hybridized carbons (Fsp3) is 0.923. The second kappa shape index (κ2) is 5.46. The largest absolute Gasteiger partial charge is 0.378 e. The molecule has 114 valence electrons. The average molecular weight is 302 g/mol. The van der Waals surface area contributed by atoms with E-state index in [4.69, 9.17) is 18.9 Å². The van der Waals surface area contributed by atoms with Gasteiger partial charge < -0.3 is 24.3 Å². The average Bonchev–Trinajstić information content (AvgIpc) is 2.99. The summed E-state index contributed by atoms with van der Waals surface area (Å²) in [6.07, 6.45) is 0.730. The first-order chi connectivity index (χ1) is 9.70. The quantitative estimate of drug-likeness (QED) is 0.821. The van der Waals surface area contributed by atoms with E-state index in [2.05, 4.69) is 10.3 Å². The number of hydrogen-bond acceptors (Lipinski definition) is 6. The van der Waals surface area contributed by atoms with E-state index in [-0.39, 0.29) is 35.4 Å². The summed E-state index contributed by atoms with van der Waals surface area (Å²) in [4.78, 5) is 4.44. The summed E-state index contributed by atoms with van der Waals surface area (Å²) in [5.74, 6) is 0. The van der Waals surface area contributed by atoms with Crippen LogP contribution >= 0.6 is 11.8 Å². The van der Waals surface area contributed by atoms with Gasteiger partial charge in [0, 0.05) is 34.3 Å². The second-order valence-corrected chi connectivity index (χ2v) is 6.38. The molecule has 6 nitrogen and oxygen atoms in total. The SMILES string of the molecule is CCN=C1N[C@@H]2C(OC)[C@H](OC)C3(CC3OC)O[C@@H]2S1. The minimum Gasteiger partial charge on any atom is -0.378 e. The van der Waals surface area contributed by atoms with E-state index >= 15 is 0 Å². The Balaban J connectivity index is 1.85. The van der Waals surface area contributed by atoms with Crippen molar-refractivity contribution >= 4 is 16.9 Å². The number of ether oxygens (including phenoxy) is 4. The van der Waals surface area contributed by atoms with Gasteiger partial charge in [-0.3, -0.25) is 4.99 Å². The van der Waals surface area contributed by atoms with Crippen LogP contribution in [-0.4, -0.2) is 68.4 Å². The van der Waals surface area contributed by atoms with Gasteiger partial charge in [0.2, 0.25) is 0 Å². The molecule has 7 heteroatoms. The van der Waals surface area contributed by atoms with Gasteiger partial charge >= 0.3 is 0 Å². The molecule has 3 aliphatic rings. The second-order valence-electron chi connectivity index (χ2n) is 5.29. The first kappa shape index (κ1) is 14.6.